The Kier molecular flexibility index (Phi) is 4.44. The summed E-state index contributed by atoms with van der Waals surface area (Å²) in [7, 11) is 0. The number of carbonyl (C=O) groups excluding carboxylic acids is 1. The zero-order valence-electron chi connectivity index (χ0n) is 12.4. The number of esters is 1. The third-order valence-corrected chi connectivity index (χ3v) is 4.98. The second-order valence-electron chi connectivity index (χ2n) is 6.28. The Morgan fingerprint density at radius 2 is 2.00 bits per heavy atom. The highest BCUT2D eigenvalue weighted by atomic mass is 16.5. The molecule has 2 heterocycles. The largest absolute Gasteiger partial charge is 0.507 e. The van der Waals surface area contributed by atoms with Crippen LogP contribution in [-0.2, 0) is 4.74 Å². The number of rotatable bonds is 3. The number of aromatic hydroxyl groups is 1. The summed E-state index contributed by atoms with van der Waals surface area (Å²) in [6.45, 7) is 3.03. The monoisotopic (exact) mass is 290 g/mol. The number of hydrogen-bond donors (Lipinski definition) is 2. The summed E-state index contributed by atoms with van der Waals surface area (Å²) in [5, 5.41) is 9.70. The number of carbonyl (C=O) groups is 1. The first-order valence-electron chi connectivity index (χ1n) is 8.05. The molecular weight excluding hydrogens is 266 g/mol. The molecule has 3 atom stereocenters. The predicted molar refractivity (Wildman–Crippen MR) is 79.4 cm³/mol. The molecule has 3 rings (SSSR count). The first-order chi connectivity index (χ1) is 10.3. The Morgan fingerprint density at radius 1 is 1.19 bits per heavy atom. The number of piperidine rings is 2. The quantitative estimate of drug-likeness (QED) is 0.827. The SMILES string of the molecule is O=C(OC[C@H]1CCC[NH+]2CCCC[C@@H]12)c1ccccc1O. The van der Waals surface area contributed by atoms with Gasteiger partial charge in [-0.25, -0.2) is 4.79 Å². The summed E-state index contributed by atoms with van der Waals surface area (Å²) in [5.41, 5.74) is 0.265. The van der Waals surface area contributed by atoms with Crippen LogP contribution in [0.15, 0.2) is 24.3 Å². The van der Waals surface area contributed by atoms with Crippen molar-refractivity contribution in [3.05, 3.63) is 29.8 Å². The van der Waals surface area contributed by atoms with Crippen molar-refractivity contribution in [2.24, 2.45) is 5.92 Å². The molecule has 0 amide bonds. The Bertz CT molecular complexity index is 501. The van der Waals surface area contributed by atoms with Crippen LogP contribution in [0, 0.1) is 5.92 Å². The number of quaternary nitrogens is 1. The molecule has 1 unspecified atom stereocenters. The van der Waals surface area contributed by atoms with Crippen LogP contribution >= 0.6 is 0 Å². The van der Waals surface area contributed by atoms with E-state index in [2.05, 4.69) is 0 Å². The molecule has 0 aromatic heterocycles. The molecule has 0 saturated carbocycles. The zero-order chi connectivity index (χ0) is 14.7. The average molecular weight is 290 g/mol. The van der Waals surface area contributed by atoms with Gasteiger partial charge in [0.05, 0.1) is 19.1 Å². The first-order valence-corrected chi connectivity index (χ1v) is 8.05. The highest BCUT2D eigenvalue weighted by Crippen LogP contribution is 2.22. The Hall–Kier alpha value is -1.55. The number of hydrogen-bond acceptors (Lipinski definition) is 3. The van der Waals surface area contributed by atoms with E-state index < -0.39 is 5.97 Å². The van der Waals surface area contributed by atoms with Gasteiger partial charge in [0, 0.05) is 5.92 Å². The van der Waals surface area contributed by atoms with Crippen molar-refractivity contribution >= 4 is 5.97 Å². The van der Waals surface area contributed by atoms with E-state index in [9.17, 15) is 9.90 Å². The maximum absolute atomic E-state index is 12.1. The average Bonchev–Trinajstić information content (AvgIpc) is 2.53. The molecule has 1 aromatic rings. The van der Waals surface area contributed by atoms with Crippen LogP contribution < -0.4 is 4.90 Å². The maximum atomic E-state index is 12.1. The fraction of sp³-hybridized carbons (Fsp3) is 0.588. The lowest BCUT2D eigenvalue weighted by atomic mass is 9.84. The summed E-state index contributed by atoms with van der Waals surface area (Å²) >= 11 is 0. The lowest BCUT2D eigenvalue weighted by Gasteiger charge is -2.40. The number of phenols is 1. The lowest BCUT2D eigenvalue weighted by Crippen LogP contribution is -3.18. The topological polar surface area (TPSA) is 51.0 Å². The van der Waals surface area contributed by atoms with E-state index in [4.69, 9.17) is 4.74 Å². The predicted octanol–water partition coefficient (Wildman–Crippen LogP) is 1.40. The van der Waals surface area contributed by atoms with E-state index in [1.807, 2.05) is 0 Å². The summed E-state index contributed by atoms with van der Waals surface area (Å²) in [4.78, 5) is 13.8. The molecule has 4 heteroatoms. The molecule has 114 valence electrons. The second-order valence-corrected chi connectivity index (χ2v) is 6.28. The van der Waals surface area contributed by atoms with Gasteiger partial charge in [0.25, 0.3) is 0 Å². The molecule has 21 heavy (non-hydrogen) atoms. The van der Waals surface area contributed by atoms with Crippen LogP contribution in [-0.4, -0.2) is 36.8 Å². The minimum absolute atomic E-state index is 0.00365. The fourth-order valence-corrected chi connectivity index (χ4v) is 3.88. The standard InChI is InChI=1S/C17H23NO3/c19-16-9-2-1-7-14(16)17(20)21-12-13-6-5-11-18-10-4-3-8-15(13)18/h1-2,7,9,13,15,19H,3-6,8,10-12H2/p+1/t13-,15+/m1/s1. The van der Waals surface area contributed by atoms with Gasteiger partial charge in [0.2, 0.25) is 0 Å². The molecule has 0 aliphatic carbocycles. The molecule has 4 nitrogen and oxygen atoms in total. The molecule has 0 radical (unpaired) electrons. The maximum Gasteiger partial charge on any atom is 0.341 e. The van der Waals surface area contributed by atoms with Gasteiger partial charge in [-0.3, -0.25) is 0 Å². The number of nitrogens with one attached hydrogen (secondary N) is 1. The molecule has 1 aromatic carbocycles. The van der Waals surface area contributed by atoms with Crippen LogP contribution in [0.4, 0.5) is 0 Å². The van der Waals surface area contributed by atoms with Crippen molar-refractivity contribution in [2.45, 2.75) is 38.1 Å². The van der Waals surface area contributed by atoms with E-state index >= 15 is 0 Å². The van der Waals surface area contributed by atoms with Crippen molar-refractivity contribution in [1.82, 2.24) is 0 Å². The highest BCUT2D eigenvalue weighted by molar-refractivity contribution is 5.92. The minimum atomic E-state index is -0.406. The third-order valence-electron chi connectivity index (χ3n) is 4.98. The van der Waals surface area contributed by atoms with Crippen LogP contribution in [0.3, 0.4) is 0 Å². The van der Waals surface area contributed by atoms with Gasteiger partial charge < -0.3 is 14.7 Å². The highest BCUT2D eigenvalue weighted by Gasteiger charge is 2.37. The Balaban J connectivity index is 1.59. The summed E-state index contributed by atoms with van der Waals surface area (Å²) in [6, 6.07) is 7.23. The van der Waals surface area contributed by atoms with Gasteiger partial charge in [0.1, 0.15) is 17.9 Å². The van der Waals surface area contributed by atoms with Crippen molar-refractivity contribution in [2.75, 3.05) is 19.7 Å². The van der Waals surface area contributed by atoms with Crippen molar-refractivity contribution < 1.29 is 19.5 Å². The number of para-hydroxylation sites is 1. The van der Waals surface area contributed by atoms with Crippen molar-refractivity contribution in [1.29, 1.82) is 0 Å². The van der Waals surface area contributed by atoms with Gasteiger partial charge >= 0.3 is 5.97 Å². The van der Waals surface area contributed by atoms with E-state index in [1.165, 1.54) is 44.8 Å². The number of benzene rings is 1. The summed E-state index contributed by atoms with van der Waals surface area (Å²) in [6.07, 6.45) is 6.27. The molecule has 2 aliphatic rings. The normalized spacial score (nSPS) is 28.7. The smallest absolute Gasteiger partial charge is 0.341 e. The molecule has 2 saturated heterocycles. The molecular formula is C17H24NO3+. The van der Waals surface area contributed by atoms with E-state index in [0.29, 0.717) is 18.6 Å². The van der Waals surface area contributed by atoms with E-state index in [0.717, 1.165) is 6.42 Å². The van der Waals surface area contributed by atoms with Crippen LogP contribution in [0.25, 0.3) is 0 Å². The fourth-order valence-electron chi connectivity index (χ4n) is 3.88. The third kappa shape index (κ3) is 3.21. The first kappa shape index (κ1) is 14.4. The number of ether oxygens (including phenoxy) is 1. The van der Waals surface area contributed by atoms with Gasteiger partial charge in [-0.15, -0.1) is 0 Å². The molecule has 2 fully saturated rings. The van der Waals surface area contributed by atoms with E-state index in [-0.39, 0.29) is 11.3 Å². The summed E-state index contributed by atoms with van der Waals surface area (Å²) < 4.78 is 5.49. The van der Waals surface area contributed by atoms with E-state index in [1.54, 1.807) is 23.1 Å². The molecule has 2 aliphatic heterocycles. The van der Waals surface area contributed by atoms with Gasteiger partial charge in [-0.05, 0) is 44.2 Å². The van der Waals surface area contributed by atoms with Crippen LogP contribution in [0.5, 0.6) is 5.75 Å². The summed E-state index contributed by atoms with van der Waals surface area (Å²) in [5.74, 6) is 0.0657. The van der Waals surface area contributed by atoms with Crippen molar-refractivity contribution in [3.8, 4) is 5.75 Å². The van der Waals surface area contributed by atoms with Crippen LogP contribution in [0.1, 0.15) is 42.5 Å². The molecule has 0 bridgehead atoms. The lowest BCUT2D eigenvalue weighted by molar-refractivity contribution is -0.940. The molecule has 2 N–H and O–H groups in total. The van der Waals surface area contributed by atoms with Crippen LogP contribution in [0.2, 0.25) is 0 Å². The van der Waals surface area contributed by atoms with Gasteiger partial charge in [-0.2, -0.15) is 0 Å². The Labute approximate surface area is 125 Å². The Morgan fingerprint density at radius 3 is 2.86 bits per heavy atom. The van der Waals surface area contributed by atoms with Gasteiger partial charge in [0.15, 0.2) is 0 Å². The minimum Gasteiger partial charge on any atom is -0.507 e. The second kappa shape index (κ2) is 6.48. The van der Waals surface area contributed by atoms with Gasteiger partial charge in [-0.1, -0.05) is 12.1 Å². The number of phenolic OH excluding ortho intramolecular Hbond substituents is 1. The number of fused-ring (bicyclic) bond motifs is 1. The zero-order valence-corrected chi connectivity index (χ0v) is 12.4. The molecule has 0 spiro atoms. The van der Waals surface area contributed by atoms with Crippen molar-refractivity contribution in [3.63, 3.8) is 0 Å².